The van der Waals surface area contributed by atoms with E-state index in [1.165, 1.54) is 0 Å². The lowest BCUT2D eigenvalue weighted by molar-refractivity contribution is 0.180. The van der Waals surface area contributed by atoms with Crippen LogP contribution in [0.1, 0.15) is 6.42 Å². The van der Waals surface area contributed by atoms with E-state index in [1.54, 1.807) is 14.2 Å². The largest absolute Gasteiger partial charge is 0.385 e. The summed E-state index contributed by atoms with van der Waals surface area (Å²) in [7, 11) is 5.67. The van der Waals surface area contributed by atoms with Crippen LogP contribution in [0.2, 0.25) is 0 Å². The van der Waals surface area contributed by atoms with Crippen LogP contribution < -0.4 is 10.6 Å². The van der Waals surface area contributed by atoms with Crippen LogP contribution >= 0.6 is 35.7 Å². The number of rotatable bonds is 10. The Morgan fingerprint density at radius 2 is 1.95 bits per heavy atom. The Bertz CT molecular complexity index is 220. The number of thioether (sulfide) groups is 1. The molecule has 0 bridgehead atoms. The van der Waals surface area contributed by atoms with Gasteiger partial charge in [0, 0.05) is 52.7 Å². The average molecular weight is 404 g/mol. The Balaban J connectivity index is 0. The lowest BCUT2D eigenvalue weighted by Gasteiger charge is -2.18. The van der Waals surface area contributed by atoms with Gasteiger partial charge in [-0.25, -0.2) is 0 Å². The Kier molecular flexibility index (Phi) is 18.5. The molecule has 0 heterocycles. The molecule has 7 heteroatoms. The van der Waals surface area contributed by atoms with Crippen molar-refractivity contribution in [3.05, 3.63) is 0 Å². The van der Waals surface area contributed by atoms with E-state index in [-0.39, 0.29) is 24.0 Å². The van der Waals surface area contributed by atoms with E-state index in [4.69, 9.17) is 4.74 Å². The smallest absolute Gasteiger partial charge is 0.191 e. The molecule has 0 fully saturated rings. The third-order valence-corrected chi connectivity index (χ3v) is 3.11. The highest BCUT2D eigenvalue weighted by molar-refractivity contribution is 14.0. The van der Waals surface area contributed by atoms with Crippen LogP contribution in [0.5, 0.6) is 0 Å². The molecular formula is C12H29IN4OS. The molecule has 0 aromatic carbocycles. The van der Waals surface area contributed by atoms with Gasteiger partial charge in [-0.1, -0.05) is 0 Å². The highest BCUT2D eigenvalue weighted by Crippen LogP contribution is 1.88. The van der Waals surface area contributed by atoms with Gasteiger partial charge < -0.3 is 20.3 Å². The van der Waals surface area contributed by atoms with Crippen LogP contribution in [-0.2, 0) is 4.74 Å². The number of hydrogen-bond acceptors (Lipinski definition) is 4. The number of likely N-dealkylation sites (N-methyl/N-ethyl adjacent to an activating group) is 1. The number of aliphatic imine (C=N–C) groups is 1. The van der Waals surface area contributed by atoms with Crippen molar-refractivity contribution in [1.29, 1.82) is 0 Å². The Morgan fingerprint density at radius 1 is 1.26 bits per heavy atom. The van der Waals surface area contributed by atoms with E-state index in [0.29, 0.717) is 0 Å². The summed E-state index contributed by atoms with van der Waals surface area (Å²) in [4.78, 5) is 6.47. The molecule has 0 aliphatic rings. The number of nitrogens with zero attached hydrogens (tertiary/aromatic N) is 2. The van der Waals surface area contributed by atoms with Crippen molar-refractivity contribution in [2.75, 3.05) is 66.0 Å². The van der Waals surface area contributed by atoms with Gasteiger partial charge in [0.25, 0.3) is 0 Å². The molecule has 0 radical (unpaired) electrons. The lowest BCUT2D eigenvalue weighted by Crippen LogP contribution is -2.41. The molecular weight excluding hydrogens is 375 g/mol. The Hall–Kier alpha value is 0.270. The van der Waals surface area contributed by atoms with Gasteiger partial charge in [-0.2, -0.15) is 11.8 Å². The van der Waals surface area contributed by atoms with Crippen LogP contribution in [0.4, 0.5) is 0 Å². The first-order valence-electron chi connectivity index (χ1n) is 6.35. The van der Waals surface area contributed by atoms with Crippen molar-refractivity contribution in [2.45, 2.75) is 6.42 Å². The molecule has 19 heavy (non-hydrogen) atoms. The predicted octanol–water partition coefficient (Wildman–Crippen LogP) is 1.10. The molecule has 0 saturated carbocycles. The van der Waals surface area contributed by atoms with Gasteiger partial charge in [-0.3, -0.25) is 4.99 Å². The van der Waals surface area contributed by atoms with Crippen molar-refractivity contribution >= 4 is 41.7 Å². The number of hydrogen-bond donors (Lipinski definition) is 2. The van der Waals surface area contributed by atoms with Gasteiger partial charge in [0.05, 0.1) is 0 Å². The fourth-order valence-electron chi connectivity index (χ4n) is 1.45. The summed E-state index contributed by atoms with van der Waals surface area (Å²) in [5, 5.41) is 6.58. The maximum absolute atomic E-state index is 5.03. The minimum Gasteiger partial charge on any atom is -0.385 e. The zero-order valence-electron chi connectivity index (χ0n) is 12.6. The molecule has 0 aliphatic heterocycles. The maximum Gasteiger partial charge on any atom is 0.191 e. The molecule has 0 atom stereocenters. The monoisotopic (exact) mass is 404 g/mol. The third-order valence-electron chi connectivity index (χ3n) is 2.50. The van der Waals surface area contributed by atoms with Crippen molar-refractivity contribution in [3.8, 4) is 0 Å². The van der Waals surface area contributed by atoms with Crippen molar-refractivity contribution in [1.82, 2.24) is 15.5 Å². The summed E-state index contributed by atoms with van der Waals surface area (Å²) in [5.41, 5.74) is 0. The van der Waals surface area contributed by atoms with Gasteiger partial charge in [-0.05, 0) is 19.7 Å². The topological polar surface area (TPSA) is 48.9 Å². The molecule has 2 N–H and O–H groups in total. The molecule has 0 amide bonds. The van der Waals surface area contributed by atoms with E-state index >= 15 is 0 Å². The van der Waals surface area contributed by atoms with E-state index in [1.807, 2.05) is 11.8 Å². The first-order valence-corrected chi connectivity index (χ1v) is 7.75. The normalized spacial score (nSPS) is 11.3. The quantitative estimate of drug-likeness (QED) is 0.247. The SMILES string of the molecule is CN=C(NCCSC)NCCN(C)CCCOC.I. The van der Waals surface area contributed by atoms with Crippen LogP contribution in [0.25, 0.3) is 0 Å². The van der Waals surface area contributed by atoms with Gasteiger partial charge in [0.1, 0.15) is 0 Å². The first-order chi connectivity index (χ1) is 8.74. The Morgan fingerprint density at radius 3 is 2.53 bits per heavy atom. The summed E-state index contributed by atoms with van der Waals surface area (Å²) < 4.78 is 5.03. The molecule has 0 rings (SSSR count). The minimum absolute atomic E-state index is 0. The van der Waals surface area contributed by atoms with Gasteiger partial charge in [0.2, 0.25) is 0 Å². The fourth-order valence-corrected chi connectivity index (χ4v) is 1.75. The highest BCUT2D eigenvalue weighted by Gasteiger charge is 1.99. The molecule has 0 aliphatic carbocycles. The molecule has 5 nitrogen and oxygen atoms in total. The highest BCUT2D eigenvalue weighted by atomic mass is 127. The zero-order chi connectivity index (χ0) is 13.6. The van der Waals surface area contributed by atoms with Gasteiger partial charge >= 0.3 is 0 Å². The molecule has 0 unspecified atom stereocenters. The van der Waals surface area contributed by atoms with Crippen molar-refractivity contribution in [2.24, 2.45) is 4.99 Å². The molecule has 0 saturated heterocycles. The predicted molar refractivity (Wildman–Crippen MR) is 97.2 cm³/mol. The van der Waals surface area contributed by atoms with E-state index in [0.717, 1.165) is 50.9 Å². The first kappa shape index (κ1) is 21.6. The average Bonchev–Trinajstić information content (AvgIpc) is 2.37. The number of ether oxygens (including phenoxy) is 1. The summed E-state index contributed by atoms with van der Waals surface area (Å²) in [6.45, 7) is 4.75. The number of halogens is 1. The third kappa shape index (κ3) is 14.5. The van der Waals surface area contributed by atoms with E-state index in [2.05, 4.69) is 33.8 Å². The summed E-state index contributed by atoms with van der Waals surface area (Å²) in [6, 6.07) is 0. The van der Waals surface area contributed by atoms with E-state index in [9.17, 15) is 0 Å². The number of nitrogens with one attached hydrogen (secondary N) is 2. The fraction of sp³-hybridized carbons (Fsp3) is 0.917. The summed E-state index contributed by atoms with van der Waals surface area (Å²) in [6.07, 6.45) is 3.18. The van der Waals surface area contributed by atoms with E-state index < -0.39 is 0 Å². The number of methoxy groups -OCH3 is 1. The van der Waals surface area contributed by atoms with Crippen molar-refractivity contribution in [3.63, 3.8) is 0 Å². The standard InChI is InChI=1S/C12H28N4OS.HI/c1-13-12(15-7-11-18-4)14-6-9-16(2)8-5-10-17-3;/h5-11H2,1-4H3,(H2,13,14,15);1H. The Labute approximate surface area is 139 Å². The second kappa shape index (κ2) is 16.3. The zero-order valence-corrected chi connectivity index (χ0v) is 15.7. The number of guanidine groups is 1. The molecule has 0 aromatic heterocycles. The van der Waals surface area contributed by atoms with Crippen LogP contribution in [0.15, 0.2) is 4.99 Å². The molecule has 0 aromatic rings. The second-order valence-corrected chi connectivity index (χ2v) is 5.05. The summed E-state index contributed by atoms with van der Waals surface area (Å²) >= 11 is 1.83. The minimum atomic E-state index is 0. The van der Waals surface area contributed by atoms with Crippen LogP contribution in [-0.4, -0.2) is 76.9 Å². The maximum atomic E-state index is 5.03. The van der Waals surface area contributed by atoms with Crippen molar-refractivity contribution < 1.29 is 4.74 Å². The lowest BCUT2D eigenvalue weighted by atomic mass is 10.4. The summed E-state index contributed by atoms with van der Waals surface area (Å²) in [5.74, 6) is 1.98. The van der Waals surface area contributed by atoms with Crippen LogP contribution in [0, 0.1) is 0 Å². The second-order valence-electron chi connectivity index (χ2n) is 4.07. The molecule has 0 spiro atoms. The molecule has 116 valence electrons. The van der Waals surface area contributed by atoms with Crippen LogP contribution in [0.3, 0.4) is 0 Å². The van der Waals surface area contributed by atoms with Gasteiger partial charge in [-0.15, -0.1) is 24.0 Å². The van der Waals surface area contributed by atoms with Gasteiger partial charge in [0.15, 0.2) is 5.96 Å².